The molecule has 2 aromatic rings. The Morgan fingerprint density at radius 1 is 1.19 bits per heavy atom. The van der Waals surface area contributed by atoms with E-state index in [1.165, 1.54) is 5.56 Å². The minimum atomic E-state index is -0.134. The third-order valence-electron chi connectivity index (χ3n) is 4.61. The van der Waals surface area contributed by atoms with E-state index in [2.05, 4.69) is 40.4 Å². The number of hydrogen-bond acceptors (Lipinski definition) is 2. The summed E-state index contributed by atoms with van der Waals surface area (Å²) in [7, 11) is 2.27. The molecule has 1 heterocycles. The Labute approximate surface area is 186 Å². The fourth-order valence-corrected chi connectivity index (χ4v) is 3.46. The first-order valence-electron chi connectivity index (χ1n) is 8.77. The quantitative estimate of drug-likeness (QED) is 0.349. The molecule has 3 rings (SSSR count). The zero-order valence-electron chi connectivity index (χ0n) is 15.3. The highest BCUT2D eigenvalue weighted by molar-refractivity contribution is 9.10. The van der Waals surface area contributed by atoms with Gasteiger partial charge in [0.2, 0.25) is 5.91 Å². The van der Waals surface area contributed by atoms with E-state index < -0.39 is 0 Å². The molecule has 144 valence electrons. The van der Waals surface area contributed by atoms with Gasteiger partial charge in [0.25, 0.3) is 0 Å². The van der Waals surface area contributed by atoms with Crippen LogP contribution in [0.15, 0.2) is 59.1 Å². The predicted molar refractivity (Wildman–Crippen MR) is 109 cm³/mol. The summed E-state index contributed by atoms with van der Waals surface area (Å²) in [5.74, 6) is -0.134. The Kier molecular flexibility index (Phi) is 8.47. The van der Waals surface area contributed by atoms with Crippen molar-refractivity contribution in [2.75, 3.05) is 38.7 Å². The summed E-state index contributed by atoms with van der Waals surface area (Å²) in [6, 6.07) is 15.9. The van der Waals surface area contributed by atoms with Crippen LogP contribution >= 0.6 is 15.9 Å². The van der Waals surface area contributed by atoms with Crippen LogP contribution in [0.3, 0.4) is 0 Å². The van der Waals surface area contributed by atoms with E-state index in [0.29, 0.717) is 0 Å². The zero-order valence-corrected chi connectivity index (χ0v) is 19.1. The van der Waals surface area contributed by atoms with Crippen LogP contribution in [0.2, 0.25) is 0 Å². The Bertz CT molecular complexity index is 787. The normalized spacial score (nSPS) is 15.9. The molecule has 0 atom stereocenters. The topological polar surface area (TPSA) is 38.3 Å². The van der Waals surface area contributed by atoms with Gasteiger partial charge in [-0.2, -0.15) is 0 Å². The molecule has 1 aliphatic heterocycles. The first-order chi connectivity index (χ1) is 12.5. The third kappa shape index (κ3) is 7.03. The fourth-order valence-electron chi connectivity index (χ4n) is 3.04. The summed E-state index contributed by atoms with van der Waals surface area (Å²) in [5.41, 5.74) is 3.06. The summed E-state index contributed by atoms with van der Waals surface area (Å²) in [5, 5.41) is 2.90. The van der Waals surface area contributed by atoms with Gasteiger partial charge in [-0.25, -0.2) is 0 Å². The Morgan fingerprint density at radius 3 is 2.56 bits per heavy atom. The van der Waals surface area contributed by atoms with Crippen molar-refractivity contribution in [3.8, 4) is 0 Å². The van der Waals surface area contributed by atoms with Gasteiger partial charge >= 0.3 is 0 Å². The summed E-state index contributed by atoms with van der Waals surface area (Å²) in [4.78, 5) is 12.1. The van der Waals surface area contributed by atoms with Gasteiger partial charge in [0.1, 0.15) is 19.6 Å². The Morgan fingerprint density at radius 2 is 1.89 bits per heavy atom. The van der Waals surface area contributed by atoms with Crippen LogP contribution in [0.4, 0.5) is 5.69 Å². The number of likely N-dealkylation sites (N-methyl/N-ethyl adjacent to an activating group) is 1. The van der Waals surface area contributed by atoms with Crippen molar-refractivity contribution >= 4 is 33.6 Å². The summed E-state index contributed by atoms with van der Waals surface area (Å²) in [6.07, 6.45) is 3.35. The van der Waals surface area contributed by atoms with Crippen LogP contribution in [0.1, 0.15) is 11.1 Å². The molecule has 0 bridgehead atoms. The van der Waals surface area contributed by atoms with E-state index in [-0.39, 0.29) is 29.9 Å². The molecule has 0 unspecified atom stereocenters. The van der Waals surface area contributed by atoms with Gasteiger partial charge in [-0.1, -0.05) is 40.2 Å². The molecule has 1 amide bonds. The van der Waals surface area contributed by atoms with Gasteiger partial charge in [0.15, 0.2) is 0 Å². The lowest BCUT2D eigenvalue weighted by atomic mass is 10.1. The van der Waals surface area contributed by atoms with Crippen molar-refractivity contribution in [3.63, 3.8) is 0 Å². The molecule has 0 aliphatic carbocycles. The molecule has 1 aliphatic rings. The molecule has 0 spiro atoms. The molecule has 2 aromatic carbocycles. The molecular weight excluding hydrogens is 519 g/mol. The molecule has 1 saturated heterocycles. The van der Waals surface area contributed by atoms with Gasteiger partial charge in [-0.05, 0) is 35.9 Å². The highest BCUT2D eigenvalue weighted by Crippen LogP contribution is 2.17. The molecule has 1 fully saturated rings. The number of quaternary nitrogens is 1. The molecule has 0 saturated carbocycles. The molecule has 1 N–H and O–H groups in total. The van der Waals surface area contributed by atoms with Gasteiger partial charge in [-0.3, -0.25) is 4.79 Å². The number of amides is 1. The van der Waals surface area contributed by atoms with E-state index in [9.17, 15) is 4.79 Å². The van der Waals surface area contributed by atoms with Crippen LogP contribution in [-0.4, -0.2) is 43.7 Å². The number of halogens is 2. The van der Waals surface area contributed by atoms with E-state index >= 15 is 0 Å². The number of rotatable bonds is 5. The van der Waals surface area contributed by atoms with E-state index in [0.717, 1.165) is 53.1 Å². The second-order valence-corrected chi connectivity index (χ2v) is 7.83. The second-order valence-electron chi connectivity index (χ2n) is 6.91. The number of carbonyl (C=O) groups is 1. The smallest absolute Gasteiger partial charge is 0.248 e. The van der Waals surface area contributed by atoms with Crippen molar-refractivity contribution < 1.29 is 38.0 Å². The lowest BCUT2D eigenvalue weighted by molar-refractivity contribution is -0.929. The van der Waals surface area contributed by atoms with Gasteiger partial charge in [0.05, 0.1) is 20.3 Å². The maximum atomic E-state index is 12.1. The van der Waals surface area contributed by atoms with Gasteiger partial charge in [0, 0.05) is 21.8 Å². The van der Waals surface area contributed by atoms with Gasteiger partial charge < -0.3 is 38.5 Å². The highest BCUT2D eigenvalue weighted by Gasteiger charge is 2.25. The van der Waals surface area contributed by atoms with Crippen LogP contribution in [0.5, 0.6) is 0 Å². The maximum Gasteiger partial charge on any atom is 0.248 e. The van der Waals surface area contributed by atoms with Crippen LogP contribution in [0, 0.1) is 0 Å². The monoisotopic (exact) mass is 542 g/mol. The largest absolute Gasteiger partial charge is 1.00 e. The molecule has 6 heteroatoms. The minimum absolute atomic E-state index is 0. The van der Waals surface area contributed by atoms with E-state index in [4.69, 9.17) is 4.74 Å². The van der Waals surface area contributed by atoms with Gasteiger partial charge in [-0.15, -0.1) is 0 Å². The standard InChI is InChI=1S/C21H23BrN2O2.HI/c1-24(11-13-26-14-12-24)16-18-5-8-20(9-6-18)23-21(25)10-7-17-3-2-4-19(22)15-17;/h2-10,15H,11-14,16H2,1H3;1H/b10-7+;. The van der Waals surface area contributed by atoms with Crippen LogP contribution in [0.25, 0.3) is 6.08 Å². The van der Waals surface area contributed by atoms with Crippen molar-refractivity contribution in [2.45, 2.75) is 6.54 Å². The van der Waals surface area contributed by atoms with Crippen molar-refractivity contribution in [1.82, 2.24) is 0 Å². The van der Waals surface area contributed by atoms with Crippen molar-refractivity contribution in [3.05, 3.63) is 70.2 Å². The number of anilines is 1. The molecule has 4 nitrogen and oxygen atoms in total. The van der Waals surface area contributed by atoms with E-state index in [1.54, 1.807) is 12.2 Å². The summed E-state index contributed by atoms with van der Waals surface area (Å²) in [6.45, 7) is 4.72. The molecular formula is C21H24BrIN2O2. The molecule has 0 aromatic heterocycles. The first kappa shape index (κ1) is 22.1. The number of carbonyl (C=O) groups excluding carboxylic acids is 1. The van der Waals surface area contributed by atoms with E-state index in [1.807, 2.05) is 36.4 Å². The molecule has 0 radical (unpaired) electrons. The Balaban J connectivity index is 0.00000261. The van der Waals surface area contributed by atoms with Crippen molar-refractivity contribution in [1.29, 1.82) is 0 Å². The number of ether oxygens (including phenoxy) is 1. The third-order valence-corrected chi connectivity index (χ3v) is 5.11. The SMILES string of the molecule is C[N+]1(Cc2ccc(NC(=O)/C=C/c3cccc(Br)c3)cc2)CCOCC1.[I-]. The summed E-state index contributed by atoms with van der Waals surface area (Å²) >= 11 is 3.43. The predicted octanol–water partition coefficient (Wildman–Crippen LogP) is 1.08. The highest BCUT2D eigenvalue weighted by atomic mass is 127. The average Bonchev–Trinajstić information content (AvgIpc) is 2.62. The first-order valence-corrected chi connectivity index (χ1v) is 9.57. The zero-order chi connectivity index (χ0) is 18.4. The van der Waals surface area contributed by atoms with Crippen molar-refractivity contribution in [2.24, 2.45) is 0 Å². The number of nitrogens with one attached hydrogen (secondary N) is 1. The number of hydrogen-bond donors (Lipinski definition) is 1. The number of nitrogens with zero attached hydrogens (tertiary/aromatic N) is 1. The average molecular weight is 543 g/mol. The maximum absolute atomic E-state index is 12.1. The minimum Gasteiger partial charge on any atom is -1.00 e. The number of morpholine rings is 1. The van der Waals surface area contributed by atoms with Crippen LogP contribution in [-0.2, 0) is 16.1 Å². The molecule has 27 heavy (non-hydrogen) atoms. The Hall–Kier alpha value is -1.22. The van der Waals surface area contributed by atoms with Crippen LogP contribution < -0.4 is 29.3 Å². The number of benzene rings is 2. The fraction of sp³-hybridized carbons (Fsp3) is 0.286. The lowest BCUT2D eigenvalue weighted by Crippen LogP contribution is -3.00. The lowest BCUT2D eigenvalue weighted by Gasteiger charge is -2.37. The second kappa shape index (κ2) is 10.4. The summed E-state index contributed by atoms with van der Waals surface area (Å²) < 4.78 is 7.45.